The highest BCUT2D eigenvalue weighted by Crippen LogP contribution is 2.43. The first-order valence-corrected chi connectivity index (χ1v) is 21.0. The molecule has 9 nitrogen and oxygen atoms in total. The molecule has 6 N–H and O–H groups in total. The number of phosphoric ester groups is 1. The van der Waals surface area contributed by atoms with Crippen LogP contribution in [0.25, 0.3) is 0 Å². The van der Waals surface area contributed by atoms with Crippen LogP contribution in [0.2, 0.25) is 0 Å². The van der Waals surface area contributed by atoms with Gasteiger partial charge in [0.15, 0.2) is 0 Å². The Hall–Kier alpha value is -1.06. The van der Waals surface area contributed by atoms with Crippen LogP contribution in [0, 0.1) is 0 Å². The van der Waals surface area contributed by atoms with Gasteiger partial charge in [-0.1, -0.05) is 167 Å². The van der Waals surface area contributed by atoms with Crippen molar-refractivity contribution in [3.05, 3.63) is 24.3 Å². The monoisotopic (exact) mass is 703 g/mol. The topological polar surface area (TPSA) is 151 Å². The Kier molecular flexibility index (Phi) is 33.6. The van der Waals surface area contributed by atoms with Gasteiger partial charge in [0.05, 0.1) is 37.9 Å². The summed E-state index contributed by atoms with van der Waals surface area (Å²) in [6.07, 6.45) is 33.9. The minimum absolute atomic E-state index is 0.0518. The smallest absolute Gasteiger partial charge is 0.391 e. The molecule has 0 aromatic carbocycles. The summed E-state index contributed by atoms with van der Waals surface area (Å²) < 4.78 is 22.0. The number of amides is 1. The SMILES string of the molecule is CCCCCCCC/C=C\C/C=C\C(O)CC(=O)NC(COP(=O)(O)OCCN)C(O)CCCCCCCCCCCCCCCCC. The molecule has 0 bridgehead atoms. The fourth-order valence-corrected chi connectivity index (χ4v) is 6.41. The fourth-order valence-electron chi connectivity index (χ4n) is 5.65. The van der Waals surface area contributed by atoms with Gasteiger partial charge in [-0.3, -0.25) is 13.8 Å². The third-order valence-electron chi connectivity index (χ3n) is 8.62. The second kappa shape index (κ2) is 34.4. The molecular formula is C38H75N2O7P. The van der Waals surface area contributed by atoms with E-state index >= 15 is 0 Å². The van der Waals surface area contributed by atoms with Crippen LogP contribution in [0.3, 0.4) is 0 Å². The van der Waals surface area contributed by atoms with Crippen molar-refractivity contribution < 1.29 is 33.5 Å². The van der Waals surface area contributed by atoms with Crippen molar-refractivity contribution in [2.75, 3.05) is 19.8 Å². The molecule has 48 heavy (non-hydrogen) atoms. The molecule has 0 saturated heterocycles. The fraction of sp³-hybridized carbons (Fsp3) is 0.868. The van der Waals surface area contributed by atoms with Crippen molar-refractivity contribution in [2.24, 2.45) is 5.73 Å². The predicted octanol–water partition coefficient (Wildman–Crippen LogP) is 9.19. The summed E-state index contributed by atoms with van der Waals surface area (Å²) in [5, 5.41) is 23.9. The lowest BCUT2D eigenvalue weighted by atomic mass is 10.0. The molecule has 0 rings (SSSR count). The third kappa shape index (κ3) is 32.2. The zero-order chi connectivity index (χ0) is 35.6. The molecule has 0 radical (unpaired) electrons. The van der Waals surface area contributed by atoms with Crippen molar-refractivity contribution in [3.8, 4) is 0 Å². The van der Waals surface area contributed by atoms with Crippen LogP contribution in [0.4, 0.5) is 0 Å². The van der Waals surface area contributed by atoms with E-state index in [9.17, 15) is 24.5 Å². The molecular weight excluding hydrogens is 627 g/mol. The normalized spacial score (nSPS) is 15.2. The number of nitrogens with one attached hydrogen (secondary N) is 1. The lowest BCUT2D eigenvalue weighted by Gasteiger charge is -2.25. The van der Waals surface area contributed by atoms with Gasteiger partial charge >= 0.3 is 7.82 Å². The lowest BCUT2D eigenvalue weighted by Crippen LogP contribution is -2.47. The number of unbranched alkanes of at least 4 members (excludes halogenated alkanes) is 20. The summed E-state index contributed by atoms with van der Waals surface area (Å²) in [5.41, 5.74) is 5.35. The standard InChI is InChI=1S/C38H75N2O7P/c1-3-5-7-9-11-13-15-16-17-18-20-22-24-26-28-30-37(42)36(34-47-48(44,45)46-32-31-39)40-38(43)33-35(41)29-27-25-23-21-19-14-12-10-8-6-4-2/h21,23,27,29,35-37,41-42H,3-20,22,24-26,28,30-34,39H2,1-2H3,(H,40,43)(H,44,45)/b23-21-,29-27-. The molecule has 0 saturated carbocycles. The number of carbonyl (C=O) groups excluding carboxylic acids is 1. The van der Waals surface area contributed by atoms with Gasteiger partial charge in [-0.2, -0.15) is 0 Å². The van der Waals surface area contributed by atoms with Gasteiger partial charge in [0, 0.05) is 6.54 Å². The number of nitrogens with two attached hydrogens (primary N) is 1. The molecule has 0 spiro atoms. The van der Waals surface area contributed by atoms with Gasteiger partial charge in [0.25, 0.3) is 0 Å². The first-order valence-electron chi connectivity index (χ1n) is 19.5. The quantitative estimate of drug-likeness (QED) is 0.0246. The van der Waals surface area contributed by atoms with Crippen LogP contribution in [0.1, 0.15) is 174 Å². The Morgan fingerprint density at radius 2 is 1.23 bits per heavy atom. The molecule has 0 heterocycles. The van der Waals surface area contributed by atoms with Gasteiger partial charge in [-0.15, -0.1) is 0 Å². The van der Waals surface area contributed by atoms with Crippen LogP contribution in [-0.2, 0) is 18.4 Å². The van der Waals surface area contributed by atoms with Gasteiger partial charge in [-0.25, -0.2) is 4.57 Å². The molecule has 1 amide bonds. The highest BCUT2D eigenvalue weighted by atomic mass is 31.2. The predicted molar refractivity (Wildman–Crippen MR) is 200 cm³/mol. The Morgan fingerprint density at radius 1 is 0.729 bits per heavy atom. The van der Waals surface area contributed by atoms with E-state index in [1.807, 2.05) is 6.08 Å². The van der Waals surface area contributed by atoms with Crippen LogP contribution in [-0.4, -0.2) is 59.0 Å². The van der Waals surface area contributed by atoms with Crippen molar-refractivity contribution >= 4 is 13.7 Å². The molecule has 0 aliphatic carbocycles. The van der Waals surface area contributed by atoms with E-state index in [4.69, 9.17) is 14.8 Å². The molecule has 0 aromatic heterocycles. The zero-order valence-electron chi connectivity index (χ0n) is 30.8. The molecule has 0 fully saturated rings. The first kappa shape index (κ1) is 46.9. The lowest BCUT2D eigenvalue weighted by molar-refractivity contribution is -0.124. The third-order valence-corrected chi connectivity index (χ3v) is 9.60. The second-order valence-electron chi connectivity index (χ2n) is 13.3. The Labute approximate surface area is 294 Å². The average Bonchev–Trinajstić information content (AvgIpc) is 3.06. The number of allylic oxidation sites excluding steroid dienone is 3. The number of hydrogen-bond acceptors (Lipinski definition) is 7. The van der Waals surface area contributed by atoms with Crippen LogP contribution in [0.5, 0.6) is 0 Å². The molecule has 0 aromatic rings. The summed E-state index contributed by atoms with van der Waals surface area (Å²) >= 11 is 0. The summed E-state index contributed by atoms with van der Waals surface area (Å²) in [5.74, 6) is -0.481. The number of rotatable bonds is 36. The molecule has 4 atom stereocenters. The number of aliphatic hydroxyl groups is 2. The zero-order valence-corrected chi connectivity index (χ0v) is 31.7. The summed E-state index contributed by atoms with van der Waals surface area (Å²) in [4.78, 5) is 22.6. The Bertz CT molecular complexity index is 827. The highest BCUT2D eigenvalue weighted by molar-refractivity contribution is 7.47. The summed E-state index contributed by atoms with van der Waals surface area (Å²) in [7, 11) is -4.38. The van der Waals surface area contributed by atoms with E-state index in [-0.39, 0.29) is 19.6 Å². The van der Waals surface area contributed by atoms with E-state index in [0.29, 0.717) is 12.8 Å². The average molecular weight is 703 g/mol. The largest absolute Gasteiger partial charge is 0.472 e. The molecule has 0 aliphatic rings. The van der Waals surface area contributed by atoms with Crippen LogP contribution in [0.15, 0.2) is 24.3 Å². The maximum atomic E-state index is 12.7. The van der Waals surface area contributed by atoms with E-state index in [1.165, 1.54) is 116 Å². The molecule has 284 valence electrons. The van der Waals surface area contributed by atoms with Crippen molar-refractivity contribution in [1.82, 2.24) is 5.32 Å². The molecule has 0 aliphatic heterocycles. The van der Waals surface area contributed by atoms with Crippen molar-refractivity contribution in [3.63, 3.8) is 0 Å². The van der Waals surface area contributed by atoms with E-state index in [2.05, 4.69) is 31.3 Å². The Morgan fingerprint density at radius 3 is 1.75 bits per heavy atom. The van der Waals surface area contributed by atoms with Gasteiger partial charge in [-0.05, 0) is 25.7 Å². The minimum Gasteiger partial charge on any atom is -0.391 e. The van der Waals surface area contributed by atoms with E-state index < -0.39 is 38.6 Å². The number of hydrogen-bond donors (Lipinski definition) is 5. The number of phosphoric acid groups is 1. The van der Waals surface area contributed by atoms with Gasteiger partial charge in [0.1, 0.15) is 0 Å². The number of aliphatic hydroxyl groups excluding tert-OH is 2. The first-order chi connectivity index (χ1) is 23.3. The van der Waals surface area contributed by atoms with Gasteiger partial charge < -0.3 is 26.2 Å². The summed E-state index contributed by atoms with van der Waals surface area (Å²) in [6.45, 7) is 3.97. The molecule has 4 unspecified atom stereocenters. The highest BCUT2D eigenvalue weighted by Gasteiger charge is 2.28. The molecule has 10 heteroatoms. The van der Waals surface area contributed by atoms with E-state index in [1.54, 1.807) is 6.08 Å². The van der Waals surface area contributed by atoms with Crippen molar-refractivity contribution in [1.29, 1.82) is 0 Å². The Balaban J connectivity index is 4.44. The van der Waals surface area contributed by atoms with Crippen molar-refractivity contribution in [2.45, 2.75) is 193 Å². The second-order valence-corrected chi connectivity index (χ2v) is 14.8. The summed E-state index contributed by atoms with van der Waals surface area (Å²) in [6, 6.07) is -0.924. The van der Waals surface area contributed by atoms with Crippen LogP contribution < -0.4 is 11.1 Å². The minimum atomic E-state index is -4.38. The maximum Gasteiger partial charge on any atom is 0.472 e. The van der Waals surface area contributed by atoms with E-state index in [0.717, 1.165) is 25.7 Å². The maximum absolute atomic E-state index is 12.7. The number of carbonyl (C=O) groups is 1. The van der Waals surface area contributed by atoms with Crippen LogP contribution >= 0.6 is 7.82 Å². The van der Waals surface area contributed by atoms with Gasteiger partial charge in [0.2, 0.25) is 5.91 Å².